The Bertz CT molecular complexity index is 174. The molecule has 2 unspecified atom stereocenters. The van der Waals surface area contributed by atoms with Gasteiger partial charge in [-0.3, -0.25) is 0 Å². The van der Waals surface area contributed by atoms with Crippen LogP contribution >= 0.6 is 0 Å². The summed E-state index contributed by atoms with van der Waals surface area (Å²) in [6, 6.07) is 0. The third kappa shape index (κ3) is 2.50. The van der Waals surface area contributed by atoms with Gasteiger partial charge in [-0.25, -0.2) is 0 Å². The van der Waals surface area contributed by atoms with E-state index in [0.29, 0.717) is 17.9 Å². The average Bonchev–Trinajstić information content (AvgIpc) is 2.39. The van der Waals surface area contributed by atoms with Gasteiger partial charge in [-0.05, 0) is 48.9 Å². The minimum atomic E-state index is 0.350. The summed E-state index contributed by atoms with van der Waals surface area (Å²) in [7, 11) is 0. The highest BCUT2D eigenvalue weighted by Crippen LogP contribution is 2.49. The molecule has 0 amide bonds. The number of aliphatic hydroxyl groups excluding tert-OH is 1. The van der Waals surface area contributed by atoms with Crippen LogP contribution in [0.25, 0.3) is 0 Å². The standard InChI is InChI=1S/C13H26O/c1-10(9-14)5-7-12-8-6-11(2)13(12,3)4/h10-12,14H,5-9H2,1-4H3/t10?,11-,12?/m0/s1. The molecule has 0 aliphatic heterocycles. The maximum atomic E-state index is 8.99. The molecule has 1 N–H and O–H groups in total. The molecule has 3 atom stereocenters. The van der Waals surface area contributed by atoms with E-state index in [4.69, 9.17) is 5.11 Å². The zero-order valence-electron chi connectivity index (χ0n) is 10.2. The van der Waals surface area contributed by atoms with Crippen molar-refractivity contribution in [2.75, 3.05) is 6.61 Å². The molecular formula is C13H26O. The fourth-order valence-electron chi connectivity index (χ4n) is 2.69. The van der Waals surface area contributed by atoms with Crippen LogP contribution in [0.3, 0.4) is 0 Å². The van der Waals surface area contributed by atoms with Crippen molar-refractivity contribution in [3.63, 3.8) is 0 Å². The minimum absolute atomic E-state index is 0.350. The van der Waals surface area contributed by atoms with Gasteiger partial charge in [-0.1, -0.05) is 27.7 Å². The maximum absolute atomic E-state index is 8.99. The highest BCUT2D eigenvalue weighted by Gasteiger charge is 2.39. The van der Waals surface area contributed by atoms with Crippen molar-refractivity contribution in [1.29, 1.82) is 0 Å². The van der Waals surface area contributed by atoms with E-state index in [9.17, 15) is 0 Å². The Hall–Kier alpha value is -0.0400. The molecule has 0 aromatic carbocycles. The number of rotatable bonds is 4. The van der Waals surface area contributed by atoms with Crippen molar-refractivity contribution < 1.29 is 5.11 Å². The second kappa shape index (κ2) is 4.65. The number of hydrogen-bond donors (Lipinski definition) is 1. The van der Waals surface area contributed by atoms with Crippen LogP contribution in [0.4, 0.5) is 0 Å². The predicted octanol–water partition coefficient (Wildman–Crippen LogP) is 3.47. The van der Waals surface area contributed by atoms with Crippen LogP contribution in [-0.4, -0.2) is 11.7 Å². The van der Waals surface area contributed by atoms with Gasteiger partial charge in [0.1, 0.15) is 0 Å². The molecule has 1 nitrogen and oxygen atoms in total. The van der Waals surface area contributed by atoms with Gasteiger partial charge in [-0.2, -0.15) is 0 Å². The molecule has 1 rings (SSSR count). The Labute approximate surface area is 88.9 Å². The summed E-state index contributed by atoms with van der Waals surface area (Å²) in [6.45, 7) is 9.71. The molecule has 1 aliphatic rings. The normalized spacial score (nSPS) is 33.2. The van der Waals surface area contributed by atoms with E-state index in [0.717, 1.165) is 11.8 Å². The van der Waals surface area contributed by atoms with Gasteiger partial charge in [0.25, 0.3) is 0 Å². The molecule has 0 spiro atoms. The minimum Gasteiger partial charge on any atom is -0.396 e. The molecule has 1 saturated carbocycles. The second-order valence-corrected chi connectivity index (χ2v) is 5.86. The summed E-state index contributed by atoms with van der Waals surface area (Å²) in [5.41, 5.74) is 0.523. The summed E-state index contributed by atoms with van der Waals surface area (Å²) >= 11 is 0. The summed E-state index contributed by atoms with van der Waals surface area (Å²) in [4.78, 5) is 0. The largest absolute Gasteiger partial charge is 0.396 e. The molecule has 0 aromatic heterocycles. The molecule has 1 fully saturated rings. The second-order valence-electron chi connectivity index (χ2n) is 5.86. The average molecular weight is 198 g/mol. The van der Waals surface area contributed by atoms with Crippen molar-refractivity contribution in [1.82, 2.24) is 0 Å². The van der Waals surface area contributed by atoms with Crippen molar-refractivity contribution in [3.05, 3.63) is 0 Å². The SMILES string of the molecule is CC(CO)CCC1CC[C@H](C)C1(C)C. The molecule has 1 heteroatoms. The topological polar surface area (TPSA) is 20.2 Å². The van der Waals surface area contributed by atoms with Gasteiger partial charge in [0.15, 0.2) is 0 Å². The van der Waals surface area contributed by atoms with Gasteiger partial charge in [0, 0.05) is 6.61 Å². The fraction of sp³-hybridized carbons (Fsp3) is 1.00. The lowest BCUT2D eigenvalue weighted by Crippen LogP contribution is -2.23. The van der Waals surface area contributed by atoms with E-state index in [2.05, 4.69) is 27.7 Å². The van der Waals surface area contributed by atoms with Crippen LogP contribution in [0.5, 0.6) is 0 Å². The van der Waals surface area contributed by atoms with E-state index < -0.39 is 0 Å². The zero-order valence-corrected chi connectivity index (χ0v) is 10.2. The fourth-order valence-corrected chi connectivity index (χ4v) is 2.69. The Kier molecular flexibility index (Phi) is 4.00. The van der Waals surface area contributed by atoms with Crippen LogP contribution in [-0.2, 0) is 0 Å². The number of aliphatic hydroxyl groups is 1. The first-order chi connectivity index (χ1) is 6.48. The van der Waals surface area contributed by atoms with Crippen LogP contribution in [0.1, 0.15) is 53.4 Å². The lowest BCUT2D eigenvalue weighted by Gasteiger charge is -2.31. The van der Waals surface area contributed by atoms with Gasteiger partial charge in [-0.15, -0.1) is 0 Å². The third-order valence-electron chi connectivity index (χ3n) is 4.59. The quantitative estimate of drug-likeness (QED) is 0.733. The van der Waals surface area contributed by atoms with E-state index in [1.165, 1.54) is 25.7 Å². The molecule has 0 heterocycles. The van der Waals surface area contributed by atoms with Crippen LogP contribution in [0.2, 0.25) is 0 Å². The molecule has 0 radical (unpaired) electrons. The Morgan fingerprint density at radius 1 is 1.36 bits per heavy atom. The predicted molar refractivity (Wildman–Crippen MR) is 61.2 cm³/mol. The summed E-state index contributed by atoms with van der Waals surface area (Å²) in [5, 5.41) is 8.99. The molecule has 14 heavy (non-hydrogen) atoms. The van der Waals surface area contributed by atoms with E-state index >= 15 is 0 Å². The van der Waals surface area contributed by atoms with Crippen LogP contribution in [0, 0.1) is 23.2 Å². The molecule has 0 saturated heterocycles. The Morgan fingerprint density at radius 2 is 2.00 bits per heavy atom. The van der Waals surface area contributed by atoms with E-state index in [-0.39, 0.29) is 0 Å². The molecule has 1 aliphatic carbocycles. The van der Waals surface area contributed by atoms with Gasteiger partial charge >= 0.3 is 0 Å². The lowest BCUT2D eigenvalue weighted by molar-refractivity contribution is 0.166. The highest BCUT2D eigenvalue weighted by molar-refractivity contribution is 4.89. The molecule has 0 aromatic rings. The number of hydrogen-bond acceptors (Lipinski definition) is 1. The maximum Gasteiger partial charge on any atom is 0.0456 e. The summed E-state index contributed by atoms with van der Waals surface area (Å²) in [5.74, 6) is 2.24. The van der Waals surface area contributed by atoms with E-state index in [1.807, 2.05) is 0 Å². The first-order valence-corrected chi connectivity index (χ1v) is 6.09. The first-order valence-electron chi connectivity index (χ1n) is 6.09. The van der Waals surface area contributed by atoms with Crippen molar-refractivity contribution in [2.45, 2.75) is 53.4 Å². The van der Waals surface area contributed by atoms with Crippen molar-refractivity contribution >= 4 is 0 Å². The highest BCUT2D eigenvalue weighted by atomic mass is 16.3. The van der Waals surface area contributed by atoms with Gasteiger partial charge in [0.05, 0.1) is 0 Å². The Balaban J connectivity index is 2.39. The zero-order chi connectivity index (χ0) is 10.8. The first kappa shape index (κ1) is 12.0. The van der Waals surface area contributed by atoms with E-state index in [1.54, 1.807) is 0 Å². The van der Waals surface area contributed by atoms with Crippen molar-refractivity contribution in [2.24, 2.45) is 23.2 Å². The lowest BCUT2D eigenvalue weighted by atomic mass is 9.74. The van der Waals surface area contributed by atoms with Crippen LogP contribution < -0.4 is 0 Å². The summed E-state index contributed by atoms with van der Waals surface area (Å²) < 4.78 is 0. The Morgan fingerprint density at radius 3 is 2.43 bits per heavy atom. The monoisotopic (exact) mass is 198 g/mol. The van der Waals surface area contributed by atoms with Gasteiger partial charge in [0.2, 0.25) is 0 Å². The molecular weight excluding hydrogens is 172 g/mol. The summed E-state index contributed by atoms with van der Waals surface area (Å²) in [6.07, 6.45) is 5.29. The van der Waals surface area contributed by atoms with Crippen molar-refractivity contribution in [3.8, 4) is 0 Å². The van der Waals surface area contributed by atoms with Crippen LogP contribution in [0.15, 0.2) is 0 Å². The molecule has 84 valence electrons. The smallest absolute Gasteiger partial charge is 0.0456 e. The molecule has 0 bridgehead atoms. The third-order valence-corrected chi connectivity index (χ3v) is 4.59. The van der Waals surface area contributed by atoms with Gasteiger partial charge < -0.3 is 5.11 Å².